The molecule has 1 aliphatic heterocycles. The minimum atomic E-state index is -0.697. The van der Waals surface area contributed by atoms with Crippen LogP contribution in [0.3, 0.4) is 0 Å². The summed E-state index contributed by atoms with van der Waals surface area (Å²) in [6.07, 6.45) is 4.61. The second-order valence-corrected chi connectivity index (χ2v) is 4.54. The van der Waals surface area contributed by atoms with Gasteiger partial charge in [-0.3, -0.25) is 0 Å². The van der Waals surface area contributed by atoms with Crippen molar-refractivity contribution in [2.75, 3.05) is 20.8 Å². The third-order valence-corrected chi connectivity index (χ3v) is 3.25. The summed E-state index contributed by atoms with van der Waals surface area (Å²) < 4.78 is 15.6. The highest BCUT2D eigenvalue weighted by Crippen LogP contribution is 2.28. The van der Waals surface area contributed by atoms with Gasteiger partial charge >= 0.3 is 0 Å². The zero-order valence-electron chi connectivity index (χ0n) is 11.3. The largest absolute Gasteiger partial charge is 0.480 e. The minimum Gasteiger partial charge on any atom is -0.480 e. The summed E-state index contributed by atoms with van der Waals surface area (Å²) in [5.74, 6) is 0.672. The average Bonchev–Trinajstić information content (AvgIpc) is 2.97. The van der Waals surface area contributed by atoms with Gasteiger partial charge in [0.05, 0.1) is 26.5 Å². The Labute approximate surface area is 112 Å². The van der Waals surface area contributed by atoms with E-state index in [9.17, 15) is 5.11 Å². The van der Waals surface area contributed by atoms with Crippen molar-refractivity contribution in [3.8, 4) is 11.8 Å². The first-order valence-corrected chi connectivity index (χ1v) is 6.49. The van der Waals surface area contributed by atoms with Crippen molar-refractivity contribution in [1.29, 1.82) is 0 Å². The van der Waals surface area contributed by atoms with Crippen LogP contribution in [-0.2, 0) is 4.74 Å². The number of rotatable bonds is 6. The fraction of sp³-hybridized carbons (Fsp3) is 0.692. The van der Waals surface area contributed by atoms with Crippen molar-refractivity contribution in [3.63, 3.8) is 0 Å². The van der Waals surface area contributed by atoms with Crippen LogP contribution < -0.4 is 9.47 Å². The van der Waals surface area contributed by atoms with Gasteiger partial charge in [0.2, 0.25) is 11.8 Å². The smallest absolute Gasteiger partial charge is 0.241 e. The fourth-order valence-electron chi connectivity index (χ4n) is 2.20. The molecule has 0 amide bonds. The molecule has 0 aromatic carbocycles. The molecular formula is C13H20N2O4. The molecule has 2 unspecified atom stereocenters. The molecule has 1 N–H and O–H groups in total. The third-order valence-electron chi connectivity index (χ3n) is 3.25. The predicted molar refractivity (Wildman–Crippen MR) is 68.3 cm³/mol. The number of hydrogen-bond donors (Lipinski definition) is 1. The SMILES string of the molecule is COc1cnc(C(O)CCC2CCCO2)c(OC)n1. The van der Waals surface area contributed by atoms with Crippen LogP contribution in [0.1, 0.15) is 37.5 Å². The molecule has 6 nitrogen and oxygen atoms in total. The van der Waals surface area contributed by atoms with E-state index >= 15 is 0 Å². The lowest BCUT2D eigenvalue weighted by atomic mass is 10.1. The van der Waals surface area contributed by atoms with Crippen LogP contribution >= 0.6 is 0 Å². The Kier molecular flexibility index (Phi) is 4.93. The standard InChI is InChI=1S/C13H20N2O4/c1-17-11-8-14-12(13(15-11)18-2)10(16)6-5-9-4-3-7-19-9/h8-10,16H,3-7H2,1-2H3. The fourth-order valence-corrected chi connectivity index (χ4v) is 2.20. The van der Waals surface area contributed by atoms with E-state index in [0.29, 0.717) is 23.9 Å². The lowest BCUT2D eigenvalue weighted by Gasteiger charge is -2.15. The average molecular weight is 268 g/mol. The number of ether oxygens (including phenoxy) is 3. The molecule has 106 valence electrons. The molecule has 2 rings (SSSR count). The van der Waals surface area contributed by atoms with Gasteiger partial charge in [-0.15, -0.1) is 0 Å². The number of methoxy groups -OCH3 is 2. The summed E-state index contributed by atoms with van der Waals surface area (Å²) in [6, 6.07) is 0. The molecule has 0 saturated carbocycles. The topological polar surface area (TPSA) is 73.7 Å². The number of hydrogen-bond acceptors (Lipinski definition) is 6. The quantitative estimate of drug-likeness (QED) is 0.842. The lowest BCUT2D eigenvalue weighted by Crippen LogP contribution is -2.10. The highest BCUT2D eigenvalue weighted by Gasteiger charge is 2.21. The number of nitrogens with zero attached hydrogens (tertiary/aromatic N) is 2. The third kappa shape index (κ3) is 3.54. The first-order valence-electron chi connectivity index (χ1n) is 6.49. The summed E-state index contributed by atoms with van der Waals surface area (Å²) in [6.45, 7) is 0.826. The van der Waals surface area contributed by atoms with Gasteiger partial charge in [0.25, 0.3) is 0 Å². The van der Waals surface area contributed by atoms with Crippen LogP contribution in [0.25, 0.3) is 0 Å². The molecule has 2 heterocycles. The monoisotopic (exact) mass is 268 g/mol. The summed E-state index contributed by atoms with van der Waals surface area (Å²) in [5, 5.41) is 10.2. The van der Waals surface area contributed by atoms with Crippen molar-refractivity contribution < 1.29 is 19.3 Å². The Morgan fingerprint density at radius 1 is 1.47 bits per heavy atom. The van der Waals surface area contributed by atoms with E-state index in [1.807, 2.05) is 0 Å². The summed E-state index contributed by atoms with van der Waals surface area (Å²) in [7, 11) is 3.01. The lowest BCUT2D eigenvalue weighted by molar-refractivity contribution is 0.0791. The number of aliphatic hydroxyl groups excluding tert-OH is 1. The normalized spacial score (nSPS) is 20.3. The van der Waals surface area contributed by atoms with Crippen LogP contribution in [0.2, 0.25) is 0 Å². The summed E-state index contributed by atoms with van der Waals surface area (Å²) >= 11 is 0. The molecule has 0 aliphatic carbocycles. The molecule has 1 aromatic heterocycles. The maximum Gasteiger partial charge on any atom is 0.241 e. The molecule has 1 fully saturated rings. The van der Waals surface area contributed by atoms with Gasteiger partial charge in [-0.05, 0) is 25.7 Å². The van der Waals surface area contributed by atoms with E-state index in [0.717, 1.165) is 25.9 Å². The molecule has 19 heavy (non-hydrogen) atoms. The van der Waals surface area contributed by atoms with Gasteiger partial charge in [0, 0.05) is 6.61 Å². The van der Waals surface area contributed by atoms with Crippen molar-refractivity contribution in [1.82, 2.24) is 9.97 Å². The van der Waals surface area contributed by atoms with Crippen LogP contribution in [0.15, 0.2) is 6.20 Å². The summed E-state index contributed by atoms with van der Waals surface area (Å²) in [4.78, 5) is 8.27. The number of aromatic nitrogens is 2. The molecule has 0 bridgehead atoms. The number of aliphatic hydroxyl groups is 1. The second-order valence-electron chi connectivity index (χ2n) is 4.54. The molecular weight excluding hydrogens is 248 g/mol. The Morgan fingerprint density at radius 2 is 2.32 bits per heavy atom. The maximum absolute atomic E-state index is 10.2. The van der Waals surface area contributed by atoms with E-state index in [4.69, 9.17) is 14.2 Å². The Balaban J connectivity index is 1.98. The van der Waals surface area contributed by atoms with Crippen molar-refractivity contribution in [2.24, 2.45) is 0 Å². The molecule has 6 heteroatoms. The molecule has 0 radical (unpaired) electrons. The van der Waals surface area contributed by atoms with Crippen molar-refractivity contribution in [3.05, 3.63) is 11.9 Å². The van der Waals surface area contributed by atoms with E-state index in [-0.39, 0.29) is 6.10 Å². The second kappa shape index (κ2) is 6.68. The first-order chi connectivity index (χ1) is 9.24. The zero-order valence-corrected chi connectivity index (χ0v) is 11.3. The van der Waals surface area contributed by atoms with Crippen LogP contribution in [0.5, 0.6) is 11.8 Å². The molecule has 0 spiro atoms. The van der Waals surface area contributed by atoms with Gasteiger partial charge in [0.15, 0.2) is 0 Å². The summed E-state index contributed by atoms with van der Waals surface area (Å²) in [5.41, 5.74) is 0.446. The van der Waals surface area contributed by atoms with Gasteiger partial charge in [0.1, 0.15) is 11.8 Å². The first kappa shape index (κ1) is 14.0. The van der Waals surface area contributed by atoms with Crippen LogP contribution in [0.4, 0.5) is 0 Å². The highest BCUT2D eigenvalue weighted by atomic mass is 16.5. The van der Waals surface area contributed by atoms with Gasteiger partial charge in [-0.2, -0.15) is 4.98 Å². The molecule has 1 aromatic rings. The highest BCUT2D eigenvalue weighted by molar-refractivity contribution is 5.24. The van der Waals surface area contributed by atoms with Crippen LogP contribution in [0, 0.1) is 0 Å². The maximum atomic E-state index is 10.2. The van der Waals surface area contributed by atoms with Crippen molar-refractivity contribution in [2.45, 2.75) is 37.9 Å². The van der Waals surface area contributed by atoms with E-state index in [1.54, 1.807) is 0 Å². The Morgan fingerprint density at radius 3 is 2.95 bits per heavy atom. The Hall–Kier alpha value is -1.40. The van der Waals surface area contributed by atoms with Gasteiger partial charge < -0.3 is 19.3 Å². The Bertz CT molecular complexity index is 408. The van der Waals surface area contributed by atoms with Gasteiger partial charge in [-0.1, -0.05) is 0 Å². The zero-order chi connectivity index (χ0) is 13.7. The van der Waals surface area contributed by atoms with Crippen molar-refractivity contribution >= 4 is 0 Å². The molecule has 2 atom stereocenters. The minimum absolute atomic E-state index is 0.256. The van der Waals surface area contributed by atoms with Gasteiger partial charge in [-0.25, -0.2) is 4.98 Å². The molecule has 1 saturated heterocycles. The molecule has 1 aliphatic rings. The van der Waals surface area contributed by atoms with Crippen LogP contribution in [-0.4, -0.2) is 42.0 Å². The van der Waals surface area contributed by atoms with E-state index < -0.39 is 6.10 Å². The van der Waals surface area contributed by atoms with E-state index in [2.05, 4.69) is 9.97 Å². The predicted octanol–water partition coefficient (Wildman–Crippen LogP) is 1.49. The van der Waals surface area contributed by atoms with E-state index in [1.165, 1.54) is 20.4 Å².